The van der Waals surface area contributed by atoms with E-state index in [1.54, 1.807) is 0 Å². The first-order chi connectivity index (χ1) is 8.83. The van der Waals surface area contributed by atoms with Gasteiger partial charge in [-0.3, -0.25) is 9.80 Å². The van der Waals surface area contributed by atoms with Crippen LogP contribution in [0.5, 0.6) is 0 Å². The molecule has 0 amide bonds. The number of nitrogens with one attached hydrogen (secondary N) is 1. The zero-order valence-corrected chi connectivity index (χ0v) is 11.6. The van der Waals surface area contributed by atoms with Gasteiger partial charge in [0.1, 0.15) is 0 Å². The third kappa shape index (κ3) is 2.87. The maximum atomic E-state index is 5.55. The van der Waals surface area contributed by atoms with E-state index >= 15 is 0 Å². The third-order valence-corrected chi connectivity index (χ3v) is 4.87. The first kappa shape index (κ1) is 12.9. The summed E-state index contributed by atoms with van der Waals surface area (Å²) >= 11 is 0. The van der Waals surface area contributed by atoms with Crippen molar-refractivity contribution in [1.82, 2.24) is 15.1 Å². The Bertz CT molecular complexity index is 268. The first-order valence-electron chi connectivity index (χ1n) is 7.62. The van der Waals surface area contributed by atoms with Crippen LogP contribution in [0.25, 0.3) is 0 Å². The molecule has 104 valence electrons. The average Bonchev–Trinajstić information content (AvgIpc) is 2.87. The summed E-state index contributed by atoms with van der Waals surface area (Å²) < 4.78 is 5.55. The summed E-state index contributed by atoms with van der Waals surface area (Å²) in [6, 6.07) is 2.10. The molecule has 18 heavy (non-hydrogen) atoms. The van der Waals surface area contributed by atoms with Gasteiger partial charge in [-0.1, -0.05) is 0 Å². The Hall–Kier alpha value is -0.160. The molecule has 0 aliphatic carbocycles. The normalized spacial score (nSPS) is 36.5. The van der Waals surface area contributed by atoms with Gasteiger partial charge in [0.2, 0.25) is 0 Å². The lowest BCUT2D eigenvalue weighted by Gasteiger charge is -2.41. The minimum atomic E-state index is 0.565. The summed E-state index contributed by atoms with van der Waals surface area (Å²) in [5.41, 5.74) is 0. The van der Waals surface area contributed by atoms with E-state index in [-0.39, 0.29) is 0 Å². The molecular weight excluding hydrogens is 226 g/mol. The van der Waals surface area contributed by atoms with Crippen molar-refractivity contribution in [2.75, 3.05) is 45.9 Å². The monoisotopic (exact) mass is 253 g/mol. The summed E-state index contributed by atoms with van der Waals surface area (Å²) in [6.45, 7) is 10.3. The van der Waals surface area contributed by atoms with E-state index in [0.717, 1.165) is 25.8 Å². The van der Waals surface area contributed by atoms with Crippen molar-refractivity contribution in [1.29, 1.82) is 0 Å². The van der Waals surface area contributed by atoms with E-state index in [2.05, 4.69) is 22.0 Å². The standard InChI is InChI=1S/C14H27N3O/c1-12(9-13-11-18-8-4-15-13)17-7-6-16-5-2-3-14(16)10-17/h12-15H,2-11H2,1H3. The topological polar surface area (TPSA) is 27.7 Å². The highest BCUT2D eigenvalue weighted by molar-refractivity contribution is 4.89. The third-order valence-electron chi connectivity index (χ3n) is 4.87. The summed E-state index contributed by atoms with van der Waals surface area (Å²) in [7, 11) is 0. The average molecular weight is 253 g/mol. The molecule has 0 aromatic carbocycles. The molecule has 1 N–H and O–H groups in total. The summed E-state index contributed by atoms with van der Waals surface area (Å²) in [5.74, 6) is 0. The molecular formula is C14H27N3O. The van der Waals surface area contributed by atoms with Crippen LogP contribution in [-0.2, 0) is 4.74 Å². The van der Waals surface area contributed by atoms with Gasteiger partial charge >= 0.3 is 0 Å². The van der Waals surface area contributed by atoms with E-state index in [4.69, 9.17) is 4.74 Å². The fourth-order valence-corrected chi connectivity index (χ4v) is 3.75. The van der Waals surface area contributed by atoms with E-state index in [1.165, 1.54) is 45.4 Å². The molecule has 3 heterocycles. The van der Waals surface area contributed by atoms with Crippen LogP contribution < -0.4 is 5.32 Å². The van der Waals surface area contributed by atoms with Crippen LogP contribution in [-0.4, -0.2) is 73.9 Å². The predicted octanol–water partition coefficient (Wildman–Crippen LogP) is 0.533. The maximum Gasteiger partial charge on any atom is 0.0620 e. The predicted molar refractivity (Wildman–Crippen MR) is 72.9 cm³/mol. The fraction of sp³-hybridized carbons (Fsp3) is 1.00. The van der Waals surface area contributed by atoms with Crippen LogP contribution in [0.1, 0.15) is 26.2 Å². The highest BCUT2D eigenvalue weighted by Gasteiger charge is 2.32. The van der Waals surface area contributed by atoms with Gasteiger partial charge in [0.15, 0.2) is 0 Å². The quantitative estimate of drug-likeness (QED) is 0.794. The van der Waals surface area contributed by atoms with Crippen molar-refractivity contribution < 1.29 is 4.74 Å². The van der Waals surface area contributed by atoms with Crippen molar-refractivity contribution in [2.45, 2.75) is 44.3 Å². The molecule has 3 saturated heterocycles. The van der Waals surface area contributed by atoms with Crippen LogP contribution in [0.4, 0.5) is 0 Å². The fourth-order valence-electron chi connectivity index (χ4n) is 3.75. The second-order valence-electron chi connectivity index (χ2n) is 6.14. The van der Waals surface area contributed by atoms with Crippen molar-refractivity contribution in [3.8, 4) is 0 Å². The molecule has 3 aliphatic rings. The molecule has 0 radical (unpaired) electrons. The molecule has 0 bridgehead atoms. The van der Waals surface area contributed by atoms with E-state index in [9.17, 15) is 0 Å². The zero-order chi connectivity index (χ0) is 12.4. The molecule has 0 saturated carbocycles. The molecule has 0 spiro atoms. The minimum absolute atomic E-state index is 0.565. The van der Waals surface area contributed by atoms with Crippen LogP contribution in [0.15, 0.2) is 0 Å². The van der Waals surface area contributed by atoms with Gasteiger partial charge in [0.05, 0.1) is 13.2 Å². The number of morpholine rings is 1. The lowest BCUT2D eigenvalue weighted by molar-refractivity contribution is 0.0424. The Morgan fingerprint density at radius 3 is 3.11 bits per heavy atom. The van der Waals surface area contributed by atoms with Gasteiger partial charge in [-0.05, 0) is 32.7 Å². The molecule has 4 heteroatoms. The van der Waals surface area contributed by atoms with Gasteiger partial charge in [0, 0.05) is 44.3 Å². The Kier molecular flexibility index (Phi) is 4.19. The Morgan fingerprint density at radius 1 is 1.33 bits per heavy atom. The molecule has 3 rings (SSSR count). The zero-order valence-electron chi connectivity index (χ0n) is 11.6. The number of hydrogen-bond acceptors (Lipinski definition) is 4. The molecule has 4 nitrogen and oxygen atoms in total. The highest BCUT2D eigenvalue weighted by atomic mass is 16.5. The number of fused-ring (bicyclic) bond motifs is 1. The van der Waals surface area contributed by atoms with Crippen LogP contribution >= 0.6 is 0 Å². The second-order valence-corrected chi connectivity index (χ2v) is 6.14. The van der Waals surface area contributed by atoms with Crippen molar-refractivity contribution in [3.63, 3.8) is 0 Å². The summed E-state index contributed by atoms with van der Waals surface area (Å²) in [5, 5.41) is 3.57. The first-order valence-corrected chi connectivity index (χ1v) is 7.62. The maximum absolute atomic E-state index is 5.55. The van der Waals surface area contributed by atoms with Gasteiger partial charge < -0.3 is 10.1 Å². The molecule has 3 atom stereocenters. The lowest BCUT2D eigenvalue weighted by Crippen LogP contribution is -2.54. The lowest BCUT2D eigenvalue weighted by atomic mass is 10.0. The Balaban J connectivity index is 1.48. The molecule has 3 fully saturated rings. The van der Waals surface area contributed by atoms with Crippen LogP contribution in [0.3, 0.4) is 0 Å². The molecule has 0 aromatic heterocycles. The van der Waals surface area contributed by atoms with Crippen molar-refractivity contribution >= 4 is 0 Å². The van der Waals surface area contributed by atoms with Gasteiger partial charge in [0.25, 0.3) is 0 Å². The number of hydrogen-bond donors (Lipinski definition) is 1. The SMILES string of the molecule is CC(CC1COCCN1)N1CCN2CCCC2C1. The number of nitrogens with zero attached hydrogens (tertiary/aromatic N) is 2. The van der Waals surface area contributed by atoms with Gasteiger partial charge in [-0.15, -0.1) is 0 Å². The number of ether oxygens (including phenoxy) is 1. The molecule has 3 aliphatic heterocycles. The van der Waals surface area contributed by atoms with E-state index < -0.39 is 0 Å². The summed E-state index contributed by atoms with van der Waals surface area (Å²) in [6.07, 6.45) is 4.05. The largest absolute Gasteiger partial charge is 0.379 e. The summed E-state index contributed by atoms with van der Waals surface area (Å²) in [4.78, 5) is 5.38. The number of rotatable bonds is 3. The molecule has 0 aromatic rings. The van der Waals surface area contributed by atoms with E-state index in [0.29, 0.717) is 12.1 Å². The van der Waals surface area contributed by atoms with Crippen LogP contribution in [0.2, 0.25) is 0 Å². The Morgan fingerprint density at radius 2 is 2.28 bits per heavy atom. The van der Waals surface area contributed by atoms with Crippen molar-refractivity contribution in [2.24, 2.45) is 0 Å². The van der Waals surface area contributed by atoms with Gasteiger partial charge in [-0.2, -0.15) is 0 Å². The Labute approximate surface area is 111 Å². The highest BCUT2D eigenvalue weighted by Crippen LogP contribution is 2.23. The molecule has 3 unspecified atom stereocenters. The van der Waals surface area contributed by atoms with Crippen LogP contribution in [0, 0.1) is 0 Å². The smallest absolute Gasteiger partial charge is 0.0620 e. The van der Waals surface area contributed by atoms with E-state index in [1.807, 2.05) is 0 Å². The van der Waals surface area contributed by atoms with Crippen molar-refractivity contribution in [3.05, 3.63) is 0 Å². The number of piperazine rings is 1. The van der Waals surface area contributed by atoms with Gasteiger partial charge in [-0.25, -0.2) is 0 Å². The minimum Gasteiger partial charge on any atom is -0.379 e. The second kappa shape index (κ2) is 5.87.